The highest BCUT2D eigenvalue weighted by molar-refractivity contribution is 6.31. The summed E-state index contributed by atoms with van der Waals surface area (Å²) in [5.74, 6) is 0.0304. The van der Waals surface area contributed by atoms with Crippen molar-refractivity contribution >= 4 is 23.2 Å². The van der Waals surface area contributed by atoms with Gasteiger partial charge in [0, 0.05) is 22.6 Å². The summed E-state index contributed by atoms with van der Waals surface area (Å²) in [7, 11) is 0. The maximum absolute atomic E-state index is 13.8. The van der Waals surface area contributed by atoms with Gasteiger partial charge in [-0.15, -0.1) is 0 Å². The molecule has 0 aliphatic heterocycles. The Morgan fingerprint density at radius 1 is 1.35 bits per heavy atom. The molecule has 6 heteroatoms. The predicted octanol–water partition coefficient (Wildman–Crippen LogP) is 3.86. The molecule has 0 saturated heterocycles. The van der Waals surface area contributed by atoms with E-state index in [9.17, 15) is 9.18 Å². The Bertz CT molecular complexity index is 678. The van der Waals surface area contributed by atoms with Gasteiger partial charge in [-0.05, 0) is 12.1 Å². The van der Waals surface area contributed by atoms with Crippen LogP contribution in [-0.2, 0) is 6.54 Å². The fraction of sp³-hybridized carbons (Fsp3) is 0.286. The molecule has 106 valence electrons. The van der Waals surface area contributed by atoms with E-state index in [1.807, 2.05) is 13.8 Å². The maximum atomic E-state index is 13.8. The lowest BCUT2D eigenvalue weighted by Gasteiger charge is -2.15. The van der Waals surface area contributed by atoms with Gasteiger partial charge in [0.05, 0.1) is 6.54 Å². The van der Waals surface area contributed by atoms with E-state index in [0.717, 1.165) is 0 Å². The fourth-order valence-corrected chi connectivity index (χ4v) is 2.34. The molecule has 0 spiro atoms. The van der Waals surface area contributed by atoms with Crippen molar-refractivity contribution in [1.82, 2.24) is 9.55 Å². The van der Waals surface area contributed by atoms with Crippen molar-refractivity contribution in [2.24, 2.45) is 0 Å². The Morgan fingerprint density at radius 2 is 2.05 bits per heavy atom. The molecule has 2 aromatic rings. The lowest BCUT2D eigenvalue weighted by Crippen LogP contribution is -2.26. The molecular weight excluding hydrogens is 302 g/mol. The van der Waals surface area contributed by atoms with Crippen LogP contribution in [0.4, 0.5) is 4.39 Å². The van der Waals surface area contributed by atoms with Crippen LogP contribution >= 0.6 is 23.2 Å². The topological polar surface area (TPSA) is 34.9 Å². The van der Waals surface area contributed by atoms with Crippen LogP contribution in [0.3, 0.4) is 0 Å². The molecule has 20 heavy (non-hydrogen) atoms. The van der Waals surface area contributed by atoms with E-state index < -0.39 is 5.82 Å². The van der Waals surface area contributed by atoms with Crippen molar-refractivity contribution in [2.45, 2.75) is 26.3 Å². The molecule has 0 atom stereocenters. The molecule has 2 rings (SSSR count). The van der Waals surface area contributed by atoms with Crippen LogP contribution in [0.2, 0.25) is 10.2 Å². The van der Waals surface area contributed by atoms with Crippen LogP contribution in [0, 0.1) is 5.82 Å². The predicted molar refractivity (Wildman–Crippen MR) is 78.1 cm³/mol. The minimum absolute atomic E-state index is 0.0213. The summed E-state index contributed by atoms with van der Waals surface area (Å²) in [6.45, 7) is 3.80. The molecular formula is C14H13Cl2FN2O. The van der Waals surface area contributed by atoms with Crippen molar-refractivity contribution in [3.8, 4) is 0 Å². The monoisotopic (exact) mass is 314 g/mol. The minimum Gasteiger partial charge on any atom is -0.292 e. The van der Waals surface area contributed by atoms with Gasteiger partial charge in [-0.2, -0.15) is 0 Å². The van der Waals surface area contributed by atoms with Gasteiger partial charge in [-0.1, -0.05) is 43.1 Å². The van der Waals surface area contributed by atoms with Gasteiger partial charge in [0.25, 0.3) is 5.56 Å². The van der Waals surface area contributed by atoms with Crippen LogP contribution in [0.25, 0.3) is 0 Å². The quantitative estimate of drug-likeness (QED) is 0.806. The van der Waals surface area contributed by atoms with E-state index in [1.54, 1.807) is 6.07 Å². The first-order valence-corrected chi connectivity index (χ1v) is 6.86. The number of benzene rings is 1. The van der Waals surface area contributed by atoms with E-state index in [2.05, 4.69) is 4.98 Å². The highest BCUT2D eigenvalue weighted by atomic mass is 35.5. The molecule has 0 N–H and O–H groups in total. The second-order valence-corrected chi connectivity index (χ2v) is 5.51. The lowest BCUT2D eigenvalue weighted by molar-refractivity contribution is 0.574. The molecule has 0 aliphatic rings. The van der Waals surface area contributed by atoms with Crippen molar-refractivity contribution in [3.05, 3.63) is 62.0 Å². The zero-order valence-electron chi connectivity index (χ0n) is 11.0. The zero-order chi connectivity index (χ0) is 14.9. The van der Waals surface area contributed by atoms with E-state index >= 15 is 0 Å². The first kappa shape index (κ1) is 15.0. The Morgan fingerprint density at radius 3 is 2.65 bits per heavy atom. The van der Waals surface area contributed by atoms with Crippen LogP contribution in [0.5, 0.6) is 0 Å². The van der Waals surface area contributed by atoms with Gasteiger partial charge in [-0.3, -0.25) is 9.36 Å². The van der Waals surface area contributed by atoms with Gasteiger partial charge in [0.2, 0.25) is 0 Å². The van der Waals surface area contributed by atoms with Gasteiger partial charge in [0.1, 0.15) is 16.8 Å². The smallest absolute Gasteiger partial charge is 0.255 e. The molecule has 0 bridgehead atoms. The van der Waals surface area contributed by atoms with Crippen molar-refractivity contribution in [2.75, 3.05) is 0 Å². The molecule has 0 aliphatic carbocycles. The number of aromatic nitrogens is 2. The van der Waals surface area contributed by atoms with E-state index in [-0.39, 0.29) is 33.8 Å². The fourth-order valence-electron chi connectivity index (χ4n) is 1.94. The average Bonchev–Trinajstić information content (AvgIpc) is 2.35. The molecule has 1 heterocycles. The van der Waals surface area contributed by atoms with Gasteiger partial charge < -0.3 is 0 Å². The third kappa shape index (κ3) is 3.02. The molecule has 0 radical (unpaired) electrons. The van der Waals surface area contributed by atoms with Gasteiger partial charge >= 0.3 is 0 Å². The molecule has 0 unspecified atom stereocenters. The van der Waals surface area contributed by atoms with Crippen LogP contribution in [-0.4, -0.2) is 9.55 Å². The molecule has 0 saturated carbocycles. The third-order valence-corrected chi connectivity index (χ3v) is 3.45. The van der Waals surface area contributed by atoms with E-state index in [4.69, 9.17) is 23.2 Å². The van der Waals surface area contributed by atoms with Crippen LogP contribution < -0.4 is 5.56 Å². The summed E-state index contributed by atoms with van der Waals surface area (Å²) in [6, 6.07) is 5.63. The number of nitrogens with zero attached hydrogens (tertiary/aromatic N) is 2. The van der Waals surface area contributed by atoms with Crippen molar-refractivity contribution < 1.29 is 4.39 Å². The van der Waals surface area contributed by atoms with Gasteiger partial charge in [-0.25, -0.2) is 9.37 Å². The summed E-state index contributed by atoms with van der Waals surface area (Å²) in [5, 5.41) is 0.413. The minimum atomic E-state index is -0.450. The Kier molecular flexibility index (Phi) is 4.45. The molecule has 0 amide bonds. The number of hydrogen-bond acceptors (Lipinski definition) is 2. The summed E-state index contributed by atoms with van der Waals surface area (Å²) in [4.78, 5) is 16.2. The van der Waals surface area contributed by atoms with E-state index in [0.29, 0.717) is 5.82 Å². The largest absolute Gasteiger partial charge is 0.292 e. The zero-order valence-corrected chi connectivity index (χ0v) is 12.5. The number of rotatable bonds is 3. The lowest BCUT2D eigenvalue weighted by atomic mass is 10.1. The molecule has 3 nitrogen and oxygen atoms in total. The highest BCUT2D eigenvalue weighted by Crippen LogP contribution is 2.21. The third-order valence-electron chi connectivity index (χ3n) is 2.90. The van der Waals surface area contributed by atoms with Crippen molar-refractivity contribution in [3.63, 3.8) is 0 Å². The Hall–Kier alpha value is -1.39. The summed E-state index contributed by atoms with van der Waals surface area (Å²) in [5.41, 5.74) is -0.0599. The van der Waals surface area contributed by atoms with Crippen LogP contribution in [0.15, 0.2) is 29.1 Å². The highest BCUT2D eigenvalue weighted by Gasteiger charge is 2.15. The Labute approximate surface area is 126 Å². The van der Waals surface area contributed by atoms with Gasteiger partial charge in [0.15, 0.2) is 0 Å². The standard InChI is InChI=1S/C14H13Cl2FN2O/c1-8(2)14-18-12(16)6-13(20)19(14)7-9-10(15)4-3-5-11(9)17/h3-6,8H,7H2,1-2H3. The summed E-state index contributed by atoms with van der Waals surface area (Å²) < 4.78 is 15.2. The molecule has 0 fully saturated rings. The van der Waals surface area contributed by atoms with Crippen molar-refractivity contribution in [1.29, 1.82) is 0 Å². The summed E-state index contributed by atoms with van der Waals surface area (Å²) in [6.07, 6.45) is 0. The molecule has 1 aromatic heterocycles. The second kappa shape index (κ2) is 5.94. The van der Waals surface area contributed by atoms with E-state index in [1.165, 1.54) is 22.8 Å². The maximum Gasteiger partial charge on any atom is 0.255 e. The second-order valence-electron chi connectivity index (χ2n) is 4.72. The Balaban J connectivity index is 2.57. The average molecular weight is 315 g/mol. The molecule has 1 aromatic carbocycles. The first-order valence-electron chi connectivity index (χ1n) is 6.10. The first-order chi connectivity index (χ1) is 9.40. The summed E-state index contributed by atoms with van der Waals surface area (Å²) >= 11 is 11.8. The number of hydrogen-bond donors (Lipinski definition) is 0. The normalized spacial score (nSPS) is 11.1. The number of halogens is 3. The SMILES string of the molecule is CC(C)c1nc(Cl)cc(=O)n1Cc1c(F)cccc1Cl. The van der Waals surface area contributed by atoms with Crippen LogP contribution in [0.1, 0.15) is 31.2 Å².